The highest BCUT2D eigenvalue weighted by molar-refractivity contribution is 7.99. The van der Waals surface area contributed by atoms with E-state index in [4.69, 9.17) is 0 Å². The zero-order chi connectivity index (χ0) is 21.1. The normalized spacial score (nSPS) is 11.7. The topological polar surface area (TPSA) is 49.4 Å². The predicted octanol–water partition coefficient (Wildman–Crippen LogP) is 4.81. The maximum atomic E-state index is 13.2. The molecule has 1 N–H and O–H groups in total. The van der Waals surface area contributed by atoms with Gasteiger partial charge >= 0.3 is 0 Å². The molecule has 0 bridgehead atoms. The van der Waals surface area contributed by atoms with Gasteiger partial charge in [-0.15, -0.1) is 11.8 Å². The predicted molar refractivity (Wildman–Crippen MR) is 121 cm³/mol. The first kappa shape index (κ1) is 23.0. The van der Waals surface area contributed by atoms with Crippen molar-refractivity contribution in [3.8, 4) is 0 Å². The van der Waals surface area contributed by atoms with Crippen LogP contribution in [0.1, 0.15) is 44.2 Å². The molecule has 29 heavy (non-hydrogen) atoms. The van der Waals surface area contributed by atoms with E-state index in [9.17, 15) is 9.59 Å². The number of carbonyl (C=O) groups excluding carboxylic acids is 2. The van der Waals surface area contributed by atoms with Crippen molar-refractivity contribution in [3.05, 3.63) is 65.7 Å². The van der Waals surface area contributed by atoms with Crippen LogP contribution in [0.3, 0.4) is 0 Å². The van der Waals surface area contributed by atoms with Gasteiger partial charge in [0.25, 0.3) is 0 Å². The Kier molecular flexibility index (Phi) is 9.78. The minimum absolute atomic E-state index is 0.0233. The first-order valence-corrected chi connectivity index (χ1v) is 11.3. The van der Waals surface area contributed by atoms with E-state index < -0.39 is 6.04 Å². The van der Waals surface area contributed by atoms with Gasteiger partial charge in [0.1, 0.15) is 6.04 Å². The molecular weight excluding hydrogens is 380 g/mol. The largest absolute Gasteiger partial charge is 0.354 e. The minimum Gasteiger partial charge on any atom is -0.354 e. The Morgan fingerprint density at radius 2 is 1.72 bits per heavy atom. The van der Waals surface area contributed by atoms with Crippen molar-refractivity contribution in [2.45, 2.75) is 57.5 Å². The van der Waals surface area contributed by atoms with Crippen molar-refractivity contribution in [1.82, 2.24) is 10.2 Å². The van der Waals surface area contributed by atoms with E-state index in [-0.39, 0.29) is 11.8 Å². The van der Waals surface area contributed by atoms with E-state index >= 15 is 0 Å². The monoisotopic (exact) mass is 412 g/mol. The third kappa shape index (κ3) is 7.24. The second-order valence-corrected chi connectivity index (χ2v) is 8.24. The number of carbonyl (C=O) groups is 2. The summed E-state index contributed by atoms with van der Waals surface area (Å²) >= 11 is 1.67. The van der Waals surface area contributed by atoms with Crippen LogP contribution < -0.4 is 5.32 Å². The number of nitrogens with one attached hydrogen (secondary N) is 1. The molecule has 0 aromatic heterocycles. The molecule has 156 valence electrons. The van der Waals surface area contributed by atoms with E-state index in [1.807, 2.05) is 75.4 Å². The summed E-state index contributed by atoms with van der Waals surface area (Å²) < 4.78 is 0. The van der Waals surface area contributed by atoms with E-state index in [0.717, 1.165) is 22.4 Å². The van der Waals surface area contributed by atoms with Crippen LogP contribution in [0.15, 0.2) is 59.5 Å². The number of hydrogen-bond donors (Lipinski definition) is 1. The van der Waals surface area contributed by atoms with Crippen LogP contribution in [0.25, 0.3) is 0 Å². The number of amides is 2. The molecule has 0 fully saturated rings. The zero-order valence-corrected chi connectivity index (χ0v) is 18.5. The lowest BCUT2D eigenvalue weighted by molar-refractivity contribution is -0.141. The van der Waals surface area contributed by atoms with Gasteiger partial charge in [-0.2, -0.15) is 0 Å². The van der Waals surface area contributed by atoms with Crippen molar-refractivity contribution >= 4 is 23.6 Å². The van der Waals surface area contributed by atoms with Gasteiger partial charge in [-0.25, -0.2) is 0 Å². The summed E-state index contributed by atoms with van der Waals surface area (Å²) in [6, 6.07) is 17.7. The van der Waals surface area contributed by atoms with Gasteiger partial charge < -0.3 is 10.2 Å². The lowest BCUT2D eigenvalue weighted by Crippen LogP contribution is -2.49. The minimum atomic E-state index is -0.449. The molecule has 4 nitrogen and oxygen atoms in total. The molecule has 0 radical (unpaired) electrons. The summed E-state index contributed by atoms with van der Waals surface area (Å²) in [5, 5.41) is 2.96. The Morgan fingerprint density at radius 3 is 2.38 bits per heavy atom. The standard InChI is InChI=1S/C24H32N2O2S/c1-4-16-25-24(28)22(5-2)26(18-20-12-10-9-11-19(20)3)23(27)15-17-29-21-13-7-6-8-14-21/h6-14,22H,4-5,15-18H2,1-3H3,(H,25,28)/t22-/m0/s1. The maximum absolute atomic E-state index is 13.2. The summed E-state index contributed by atoms with van der Waals surface area (Å²) in [6.07, 6.45) is 1.88. The summed E-state index contributed by atoms with van der Waals surface area (Å²) in [5.41, 5.74) is 2.21. The van der Waals surface area contributed by atoms with E-state index in [1.165, 1.54) is 0 Å². The zero-order valence-electron chi connectivity index (χ0n) is 17.7. The highest BCUT2D eigenvalue weighted by Gasteiger charge is 2.28. The molecule has 0 spiro atoms. The van der Waals surface area contributed by atoms with Crippen LogP contribution in [0.2, 0.25) is 0 Å². The van der Waals surface area contributed by atoms with Crippen molar-refractivity contribution in [2.24, 2.45) is 0 Å². The molecule has 0 aliphatic carbocycles. The lowest BCUT2D eigenvalue weighted by Gasteiger charge is -2.31. The molecule has 2 amide bonds. The lowest BCUT2D eigenvalue weighted by atomic mass is 10.1. The summed E-state index contributed by atoms with van der Waals surface area (Å²) in [5.74, 6) is 0.655. The Labute approximate surface area is 179 Å². The van der Waals surface area contributed by atoms with Crippen LogP contribution in [-0.2, 0) is 16.1 Å². The smallest absolute Gasteiger partial charge is 0.242 e. The van der Waals surface area contributed by atoms with Crippen LogP contribution in [-0.4, -0.2) is 35.1 Å². The van der Waals surface area contributed by atoms with Crippen LogP contribution >= 0.6 is 11.8 Å². The Balaban J connectivity index is 2.12. The van der Waals surface area contributed by atoms with Gasteiger partial charge in [0.15, 0.2) is 0 Å². The number of thioether (sulfide) groups is 1. The van der Waals surface area contributed by atoms with Gasteiger partial charge in [0.05, 0.1) is 0 Å². The number of rotatable bonds is 11. The number of benzene rings is 2. The second kappa shape index (κ2) is 12.3. The molecule has 0 aliphatic heterocycles. The molecule has 2 aromatic rings. The van der Waals surface area contributed by atoms with Gasteiger partial charge in [-0.05, 0) is 43.0 Å². The van der Waals surface area contributed by atoms with Crippen LogP contribution in [0.4, 0.5) is 0 Å². The Hall–Kier alpha value is -2.27. The van der Waals surface area contributed by atoms with Gasteiger partial charge in [-0.1, -0.05) is 56.3 Å². The highest BCUT2D eigenvalue weighted by Crippen LogP contribution is 2.20. The molecule has 2 aromatic carbocycles. The Morgan fingerprint density at radius 1 is 1.03 bits per heavy atom. The molecule has 5 heteroatoms. The average Bonchev–Trinajstić information content (AvgIpc) is 2.74. The summed E-state index contributed by atoms with van der Waals surface area (Å²) in [6.45, 7) is 7.12. The number of hydrogen-bond acceptors (Lipinski definition) is 3. The first-order valence-electron chi connectivity index (χ1n) is 10.4. The fourth-order valence-electron chi connectivity index (χ4n) is 3.17. The van der Waals surface area contributed by atoms with Crippen LogP contribution in [0.5, 0.6) is 0 Å². The number of nitrogens with zero attached hydrogens (tertiary/aromatic N) is 1. The van der Waals surface area contributed by atoms with Crippen LogP contribution in [0, 0.1) is 6.92 Å². The van der Waals surface area contributed by atoms with Gasteiger partial charge in [-0.3, -0.25) is 9.59 Å². The molecule has 0 saturated heterocycles. The molecule has 0 saturated carbocycles. The fraction of sp³-hybridized carbons (Fsp3) is 0.417. The molecule has 0 heterocycles. The Bertz CT molecular complexity index is 779. The molecule has 0 unspecified atom stereocenters. The SMILES string of the molecule is CCCNC(=O)[C@H](CC)N(Cc1ccccc1C)C(=O)CCSc1ccccc1. The third-order valence-corrected chi connectivity index (χ3v) is 5.88. The molecule has 1 atom stereocenters. The fourth-order valence-corrected chi connectivity index (χ4v) is 4.04. The summed E-state index contributed by atoms with van der Waals surface area (Å²) in [4.78, 5) is 28.8. The third-order valence-electron chi connectivity index (χ3n) is 4.86. The first-order chi connectivity index (χ1) is 14.1. The molecule has 2 rings (SSSR count). The van der Waals surface area contributed by atoms with Crippen molar-refractivity contribution in [2.75, 3.05) is 12.3 Å². The van der Waals surface area contributed by atoms with Crippen molar-refractivity contribution in [1.29, 1.82) is 0 Å². The number of aryl methyl sites for hydroxylation is 1. The van der Waals surface area contributed by atoms with Crippen molar-refractivity contribution in [3.63, 3.8) is 0 Å². The molecular formula is C24H32N2O2S. The summed E-state index contributed by atoms with van der Waals surface area (Å²) in [7, 11) is 0. The van der Waals surface area contributed by atoms with E-state index in [2.05, 4.69) is 5.32 Å². The van der Waals surface area contributed by atoms with Crippen molar-refractivity contribution < 1.29 is 9.59 Å². The quantitative estimate of drug-likeness (QED) is 0.539. The second-order valence-electron chi connectivity index (χ2n) is 7.07. The highest BCUT2D eigenvalue weighted by atomic mass is 32.2. The van der Waals surface area contributed by atoms with E-state index in [0.29, 0.717) is 31.7 Å². The maximum Gasteiger partial charge on any atom is 0.242 e. The molecule has 0 aliphatic rings. The average molecular weight is 413 g/mol. The van der Waals surface area contributed by atoms with Gasteiger partial charge in [0, 0.05) is 30.2 Å². The van der Waals surface area contributed by atoms with E-state index in [1.54, 1.807) is 16.7 Å². The van der Waals surface area contributed by atoms with Gasteiger partial charge in [0.2, 0.25) is 11.8 Å².